The summed E-state index contributed by atoms with van der Waals surface area (Å²) in [5.74, 6) is 1.38. The first-order valence-corrected chi connectivity index (χ1v) is 9.42. The third-order valence-corrected chi connectivity index (χ3v) is 5.52. The van der Waals surface area contributed by atoms with E-state index in [1.54, 1.807) is 11.3 Å². The molecule has 2 N–H and O–H groups in total. The van der Waals surface area contributed by atoms with Crippen LogP contribution in [0.25, 0.3) is 10.2 Å². The van der Waals surface area contributed by atoms with Crippen molar-refractivity contribution in [2.24, 2.45) is 0 Å². The number of fused-ring (bicyclic) bond motifs is 1. The van der Waals surface area contributed by atoms with Gasteiger partial charge in [-0.05, 0) is 11.4 Å². The van der Waals surface area contributed by atoms with Gasteiger partial charge in [-0.3, -0.25) is 9.69 Å². The molecule has 134 valence electrons. The highest BCUT2D eigenvalue weighted by atomic mass is 32.1. The Kier molecular flexibility index (Phi) is 4.69. The predicted molar refractivity (Wildman–Crippen MR) is 97.9 cm³/mol. The second-order valence-corrected chi connectivity index (χ2v) is 7.20. The van der Waals surface area contributed by atoms with Gasteiger partial charge < -0.3 is 20.3 Å². The van der Waals surface area contributed by atoms with Gasteiger partial charge in [0, 0.05) is 39.3 Å². The Hall–Kier alpha value is -1.97. The van der Waals surface area contributed by atoms with Gasteiger partial charge in [-0.2, -0.15) is 4.98 Å². The van der Waals surface area contributed by atoms with Gasteiger partial charge >= 0.3 is 0 Å². The van der Waals surface area contributed by atoms with E-state index in [-0.39, 0.29) is 5.91 Å². The number of aromatic nitrogens is 2. The highest BCUT2D eigenvalue weighted by molar-refractivity contribution is 7.16. The van der Waals surface area contributed by atoms with Gasteiger partial charge in [-0.15, -0.1) is 11.3 Å². The van der Waals surface area contributed by atoms with Crippen molar-refractivity contribution in [2.45, 2.75) is 0 Å². The number of nitrogens with two attached hydrogens (primary N) is 1. The molecule has 0 radical (unpaired) electrons. The lowest BCUT2D eigenvalue weighted by atomic mass is 10.2. The minimum absolute atomic E-state index is 0.199. The molecule has 25 heavy (non-hydrogen) atoms. The van der Waals surface area contributed by atoms with Crippen molar-refractivity contribution in [2.75, 3.05) is 69.7 Å². The van der Waals surface area contributed by atoms with Crippen LogP contribution in [0.4, 0.5) is 11.8 Å². The Morgan fingerprint density at radius 2 is 1.92 bits per heavy atom. The number of carbonyl (C=O) groups excluding carboxylic acids is 1. The van der Waals surface area contributed by atoms with Crippen molar-refractivity contribution in [1.82, 2.24) is 19.8 Å². The molecule has 0 unspecified atom stereocenters. The van der Waals surface area contributed by atoms with Crippen LogP contribution in [0.2, 0.25) is 0 Å². The van der Waals surface area contributed by atoms with E-state index in [1.807, 2.05) is 16.3 Å². The number of thiophene rings is 1. The molecule has 9 heteroatoms. The standard InChI is InChI=1S/C16H22N6O2S/c17-16-18-14(12-1-10-25-15(12)19-16)22-4-2-21(3-5-22)13(23)11-20-6-8-24-9-7-20/h1,10H,2-9,11H2,(H2,17,18,19). The molecule has 8 nitrogen and oxygen atoms in total. The first-order valence-electron chi connectivity index (χ1n) is 8.54. The van der Waals surface area contributed by atoms with Gasteiger partial charge in [0.15, 0.2) is 0 Å². The number of hydrogen-bond acceptors (Lipinski definition) is 8. The summed E-state index contributed by atoms with van der Waals surface area (Å²) in [6, 6.07) is 2.03. The molecule has 2 aromatic heterocycles. The van der Waals surface area contributed by atoms with E-state index in [2.05, 4.69) is 19.8 Å². The lowest BCUT2D eigenvalue weighted by molar-refractivity contribution is -0.133. The van der Waals surface area contributed by atoms with Crippen molar-refractivity contribution in [1.29, 1.82) is 0 Å². The largest absolute Gasteiger partial charge is 0.379 e. The van der Waals surface area contributed by atoms with Crippen LogP contribution in [0.3, 0.4) is 0 Å². The topological polar surface area (TPSA) is 87.8 Å². The fourth-order valence-electron chi connectivity index (χ4n) is 3.32. The van der Waals surface area contributed by atoms with E-state index >= 15 is 0 Å². The third kappa shape index (κ3) is 3.53. The molecule has 0 aliphatic carbocycles. The van der Waals surface area contributed by atoms with Crippen molar-refractivity contribution >= 4 is 39.2 Å². The second-order valence-electron chi connectivity index (χ2n) is 6.30. The van der Waals surface area contributed by atoms with Crippen molar-refractivity contribution in [3.05, 3.63) is 11.4 Å². The fourth-order valence-corrected chi connectivity index (χ4v) is 4.08. The van der Waals surface area contributed by atoms with Crippen LogP contribution in [-0.4, -0.2) is 84.7 Å². The molecule has 2 saturated heterocycles. The molecule has 1 amide bonds. The summed E-state index contributed by atoms with van der Waals surface area (Å²) in [5.41, 5.74) is 5.85. The van der Waals surface area contributed by atoms with Gasteiger partial charge in [0.2, 0.25) is 11.9 Å². The molecule has 0 aromatic carbocycles. The second kappa shape index (κ2) is 7.11. The van der Waals surface area contributed by atoms with Crippen molar-refractivity contribution < 1.29 is 9.53 Å². The number of piperazine rings is 1. The average molecular weight is 362 g/mol. The number of anilines is 2. The number of morpholine rings is 1. The van der Waals surface area contributed by atoms with Gasteiger partial charge in [0.25, 0.3) is 0 Å². The van der Waals surface area contributed by atoms with Crippen LogP contribution < -0.4 is 10.6 Å². The van der Waals surface area contributed by atoms with Crippen LogP contribution in [0.15, 0.2) is 11.4 Å². The lowest BCUT2D eigenvalue weighted by Crippen LogP contribution is -2.52. The van der Waals surface area contributed by atoms with Crippen LogP contribution in [0.1, 0.15) is 0 Å². The van der Waals surface area contributed by atoms with Gasteiger partial charge in [-0.25, -0.2) is 4.98 Å². The Morgan fingerprint density at radius 3 is 2.68 bits per heavy atom. The molecule has 0 spiro atoms. The van der Waals surface area contributed by atoms with Crippen LogP contribution in [0, 0.1) is 0 Å². The van der Waals surface area contributed by atoms with E-state index in [9.17, 15) is 4.79 Å². The quantitative estimate of drug-likeness (QED) is 0.838. The minimum atomic E-state index is 0.199. The number of amides is 1. The average Bonchev–Trinajstić information content (AvgIpc) is 3.10. The molecule has 0 saturated carbocycles. The van der Waals surface area contributed by atoms with Crippen molar-refractivity contribution in [3.8, 4) is 0 Å². The normalized spacial score (nSPS) is 19.5. The van der Waals surface area contributed by atoms with E-state index in [0.29, 0.717) is 38.8 Å². The smallest absolute Gasteiger partial charge is 0.236 e. The molecule has 2 aromatic rings. The first kappa shape index (κ1) is 16.5. The Morgan fingerprint density at radius 1 is 1.16 bits per heavy atom. The molecular formula is C16H22N6O2S. The molecule has 0 bridgehead atoms. The highest BCUT2D eigenvalue weighted by Gasteiger charge is 2.25. The predicted octanol–water partition coefficient (Wildman–Crippen LogP) is 0.254. The molecule has 2 aliphatic heterocycles. The van der Waals surface area contributed by atoms with E-state index < -0.39 is 0 Å². The molecule has 4 rings (SSSR count). The summed E-state index contributed by atoms with van der Waals surface area (Å²) in [6.07, 6.45) is 0. The third-order valence-electron chi connectivity index (χ3n) is 4.72. The number of nitrogens with zero attached hydrogens (tertiary/aromatic N) is 5. The highest BCUT2D eigenvalue weighted by Crippen LogP contribution is 2.29. The van der Waals surface area contributed by atoms with Crippen LogP contribution >= 0.6 is 11.3 Å². The maximum absolute atomic E-state index is 12.5. The monoisotopic (exact) mass is 362 g/mol. The number of ether oxygens (including phenoxy) is 1. The maximum atomic E-state index is 12.5. The Balaban J connectivity index is 1.39. The first-order chi connectivity index (χ1) is 12.2. The summed E-state index contributed by atoms with van der Waals surface area (Å²) in [5, 5.41) is 3.04. The Labute approximate surface area is 150 Å². The van der Waals surface area contributed by atoms with Gasteiger partial charge in [0.1, 0.15) is 10.6 Å². The van der Waals surface area contributed by atoms with Crippen LogP contribution in [-0.2, 0) is 9.53 Å². The number of rotatable bonds is 3. The minimum Gasteiger partial charge on any atom is -0.379 e. The van der Waals surface area contributed by atoms with Crippen molar-refractivity contribution in [3.63, 3.8) is 0 Å². The molecule has 2 fully saturated rings. The summed E-state index contributed by atoms with van der Waals surface area (Å²) in [7, 11) is 0. The molecule has 2 aliphatic rings. The molecule has 4 heterocycles. The van der Waals surface area contributed by atoms with Crippen LogP contribution in [0.5, 0.6) is 0 Å². The number of hydrogen-bond donors (Lipinski definition) is 1. The summed E-state index contributed by atoms with van der Waals surface area (Å²) in [4.78, 5) is 28.4. The summed E-state index contributed by atoms with van der Waals surface area (Å²) >= 11 is 1.57. The Bertz CT molecular complexity index is 752. The zero-order valence-electron chi connectivity index (χ0n) is 14.1. The zero-order valence-corrected chi connectivity index (χ0v) is 14.9. The number of carbonyl (C=O) groups is 1. The van der Waals surface area contributed by atoms with Gasteiger partial charge in [-0.1, -0.05) is 0 Å². The number of nitrogen functional groups attached to an aromatic ring is 1. The maximum Gasteiger partial charge on any atom is 0.236 e. The summed E-state index contributed by atoms with van der Waals surface area (Å²) < 4.78 is 5.33. The van der Waals surface area contributed by atoms with E-state index in [0.717, 1.165) is 42.2 Å². The SMILES string of the molecule is Nc1nc(N2CCN(C(=O)CN3CCOCC3)CC2)c2ccsc2n1. The lowest BCUT2D eigenvalue weighted by Gasteiger charge is -2.37. The summed E-state index contributed by atoms with van der Waals surface area (Å²) in [6.45, 7) is 6.52. The molecular weight excluding hydrogens is 340 g/mol. The van der Waals surface area contributed by atoms with E-state index in [1.165, 1.54) is 0 Å². The zero-order chi connectivity index (χ0) is 17.2. The molecule has 0 atom stereocenters. The van der Waals surface area contributed by atoms with Gasteiger partial charge in [0.05, 0.1) is 25.1 Å². The van der Waals surface area contributed by atoms with E-state index in [4.69, 9.17) is 10.5 Å². The fraction of sp³-hybridized carbons (Fsp3) is 0.562.